The summed E-state index contributed by atoms with van der Waals surface area (Å²) < 4.78 is 44.9. The van der Waals surface area contributed by atoms with E-state index in [1.165, 1.54) is 30.3 Å². The SMILES string of the molecule is CCN1CCC(N(C)C(=O)c2ccc(Nc3ncc4c(n3)-c3ccc(Cl)cc3C(c3c(F)cccc3F)=NC4)cc2F)CC1. The highest BCUT2D eigenvalue weighted by Gasteiger charge is 2.28. The molecule has 44 heavy (non-hydrogen) atoms. The van der Waals surface area contributed by atoms with Crippen LogP contribution in [0.3, 0.4) is 0 Å². The molecule has 2 aliphatic heterocycles. The lowest BCUT2D eigenvalue weighted by atomic mass is 9.95. The Bertz CT molecular complexity index is 1750. The molecule has 2 aliphatic rings. The van der Waals surface area contributed by atoms with Crippen LogP contribution in [0.1, 0.15) is 46.8 Å². The van der Waals surface area contributed by atoms with Crippen LogP contribution in [0.2, 0.25) is 5.02 Å². The van der Waals surface area contributed by atoms with E-state index in [2.05, 4.69) is 32.1 Å². The molecule has 1 N–H and O–H groups in total. The van der Waals surface area contributed by atoms with Gasteiger partial charge in [-0.1, -0.05) is 30.7 Å². The third-order valence-corrected chi connectivity index (χ3v) is 8.53. The van der Waals surface area contributed by atoms with Gasteiger partial charge >= 0.3 is 0 Å². The summed E-state index contributed by atoms with van der Waals surface area (Å²) >= 11 is 6.30. The Morgan fingerprint density at radius 1 is 1.02 bits per heavy atom. The fraction of sp³-hybridized carbons (Fsp3) is 0.273. The van der Waals surface area contributed by atoms with Gasteiger partial charge in [-0.25, -0.2) is 23.1 Å². The van der Waals surface area contributed by atoms with Crippen LogP contribution >= 0.6 is 11.6 Å². The van der Waals surface area contributed by atoms with Crippen LogP contribution in [0.25, 0.3) is 11.3 Å². The average molecular weight is 619 g/mol. The highest BCUT2D eigenvalue weighted by atomic mass is 35.5. The molecule has 1 fully saturated rings. The molecule has 11 heteroatoms. The van der Waals surface area contributed by atoms with Crippen molar-refractivity contribution in [2.24, 2.45) is 4.99 Å². The summed E-state index contributed by atoms with van der Waals surface area (Å²) in [7, 11) is 1.73. The van der Waals surface area contributed by atoms with Crippen molar-refractivity contribution >= 4 is 34.9 Å². The van der Waals surface area contributed by atoms with Gasteiger partial charge in [0.2, 0.25) is 5.95 Å². The molecule has 0 spiro atoms. The first-order valence-corrected chi connectivity index (χ1v) is 14.8. The summed E-state index contributed by atoms with van der Waals surface area (Å²) in [5, 5.41) is 3.38. The van der Waals surface area contributed by atoms with E-state index < -0.39 is 17.5 Å². The summed E-state index contributed by atoms with van der Waals surface area (Å²) in [6.07, 6.45) is 3.27. The van der Waals surface area contributed by atoms with Gasteiger partial charge in [-0.05, 0) is 61.9 Å². The van der Waals surface area contributed by atoms with Crippen LogP contribution < -0.4 is 5.32 Å². The zero-order valence-electron chi connectivity index (χ0n) is 24.2. The molecular formula is C33H30ClF3N6O. The number of aliphatic imine (C=N–C) groups is 1. The molecule has 7 nitrogen and oxygen atoms in total. The maximum atomic E-state index is 15.3. The second-order valence-electron chi connectivity index (χ2n) is 10.9. The van der Waals surface area contributed by atoms with Crippen LogP contribution in [-0.4, -0.2) is 64.1 Å². The number of likely N-dealkylation sites (tertiary alicyclic amines) is 1. The van der Waals surface area contributed by atoms with E-state index in [0.29, 0.717) is 33.1 Å². The number of rotatable bonds is 6. The summed E-state index contributed by atoms with van der Waals surface area (Å²) in [6.45, 7) is 4.99. The number of anilines is 2. The Hall–Kier alpha value is -4.28. The first-order valence-electron chi connectivity index (χ1n) is 14.4. The van der Waals surface area contributed by atoms with Crippen molar-refractivity contribution in [3.8, 4) is 11.3 Å². The number of halogens is 4. The molecule has 4 aromatic rings. The third kappa shape index (κ3) is 5.79. The first kappa shape index (κ1) is 29.8. The Morgan fingerprint density at radius 3 is 2.48 bits per heavy atom. The second kappa shape index (κ2) is 12.4. The number of nitrogens with zero attached hydrogens (tertiary/aromatic N) is 5. The summed E-state index contributed by atoms with van der Waals surface area (Å²) in [6, 6.07) is 13.0. The molecule has 0 unspecified atom stereocenters. The van der Waals surface area contributed by atoms with E-state index >= 15 is 4.39 Å². The van der Waals surface area contributed by atoms with Crippen molar-refractivity contribution in [1.29, 1.82) is 0 Å². The lowest BCUT2D eigenvalue weighted by Gasteiger charge is -2.36. The largest absolute Gasteiger partial charge is 0.339 e. The number of aromatic nitrogens is 2. The maximum Gasteiger partial charge on any atom is 0.256 e. The van der Waals surface area contributed by atoms with Crippen LogP contribution in [0, 0.1) is 17.5 Å². The number of benzene rings is 3. The molecule has 3 heterocycles. The topological polar surface area (TPSA) is 73.7 Å². The Kier molecular flexibility index (Phi) is 8.38. The van der Waals surface area contributed by atoms with Crippen LogP contribution in [0.5, 0.6) is 0 Å². The molecule has 6 rings (SSSR count). The number of nitrogens with one attached hydrogen (secondary N) is 1. The molecule has 0 aliphatic carbocycles. The number of carbonyl (C=O) groups excluding carboxylic acids is 1. The Morgan fingerprint density at radius 2 is 1.77 bits per heavy atom. The van der Waals surface area contributed by atoms with Gasteiger partial charge in [-0.15, -0.1) is 0 Å². The number of hydrogen-bond donors (Lipinski definition) is 1. The van der Waals surface area contributed by atoms with Gasteiger partial charge in [0.15, 0.2) is 0 Å². The number of carbonyl (C=O) groups is 1. The maximum absolute atomic E-state index is 15.3. The van der Waals surface area contributed by atoms with Gasteiger partial charge in [0.25, 0.3) is 5.91 Å². The molecule has 1 saturated heterocycles. The predicted molar refractivity (Wildman–Crippen MR) is 165 cm³/mol. The molecule has 0 bridgehead atoms. The average Bonchev–Trinajstić information content (AvgIpc) is 3.17. The lowest BCUT2D eigenvalue weighted by molar-refractivity contribution is 0.0642. The minimum Gasteiger partial charge on any atom is -0.339 e. The summed E-state index contributed by atoms with van der Waals surface area (Å²) in [5.41, 5.74) is 2.32. The number of fused-ring (bicyclic) bond motifs is 3. The van der Waals surface area contributed by atoms with E-state index in [4.69, 9.17) is 11.6 Å². The van der Waals surface area contributed by atoms with Crippen LogP contribution in [0.15, 0.2) is 65.8 Å². The molecule has 0 saturated carbocycles. The molecule has 1 aromatic heterocycles. The minimum atomic E-state index is -0.744. The van der Waals surface area contributed by atoms with Crippen molar-refractivity contribution in [2.75, 3.05) is 32.0 Å². The standard InChI is InChI=1S/C33H30ClF3N6O/c1-3-43-13-11-22(12-14-43)42(2)32(44)24-10-8-21(16-28(24)37)40-33-39-18-19-17-38-31(29-26(35)5-4-6-27(29)36)25-15-20(34)7-9-23(25)30(19)41-33/h4-10,15-16,18,22H,3,11-14,17H2,1-2H3,(H,39,40,41). The monoisotopic (exact) mass is 618 g/mol. The van der Waals surface area contributed by atoms with E-state index in [0.717, 1.165) is 32.5 Å². The summed E-state index contributed by atoms with van der Waals surface area (Å²) in [4.78, 5) is 30.7. The van der Waals surface area contributed by atoms with Crippen LogP contribution in [-0.2, 0) is 6.54 Å². The quantitative estimate of drug-likeness (QED) is 0.255. The van der Waals surface area contributed by atoms with Crippen LogP contribution in [0.4, 0.5) is 24.8 Å². The zero-order valence-corrected chi connectivity index (χ0v) is 25.0. The normalized spacial score (nSPS) is 15.2. The van der Waals surface area contributed by atoms with E-state index in [-0.39, 0.29) is 41.3 Å². The van der Waals surface area contributed by atoms with Gasteiger partial charge in [0.05, 0.1) is 29.1 Å². The minimum absolute atomic E-state index is 0.00493. The highest BCUT2D eigenvalue weighted by molar-refractivity contribution is 6.31. The number of piperidine rings is 1. The molecule has 0 radical (unpaired) electrons. The fourth-order valence-electron chi connectivity index (χ4n) is 5.80. The third-order valence-electron chi connectivity index (χ3n) is 8.29. The Labute approximate surface area is 258 Å². The van der Waals surface area contributed by atoms with Crippen molar-refractivity contribution in [1.82, 2.24) is 19.8 Å². The molecule has 226 valence electrons. The Balaban J connectivity index is 1.26. The molecule has 3 aromatic carbocycles. The molecular weight excluding hydrogens is 589 g/mol. The lowest BCUT2D eigenvalue weighted by Crippen LogP contribution is -2.45. The molecule has 1 amide bonds. The molecule has 0 atom stereocenters. The van der Waals surface area contributed by atoms with E-state index in [9.17, 15) is 13.6 Å². The smallest absolute Gasteiger partial charge is 0.256 e. The van der Waals surface area contributed by atoms with Crippen molar-refractivity contribution in [3.63, 3.8) is 0 Å². The van der Waals surface area contributed by atoms with Gasteiger partial charge < -0.3 is 15.1 Å². The fourth-order valence-corrected chi connectivity index (χ4v) is 5.97. The number of amides is 1. The zero-order chi connectivity index (χ0) is 31.0. The van der Waals surface area contributed by atoms with Gasteiger partial charge in [-0.2, -0.15) is 0 Å². The second-order valence-corrected chi connectivity index (χ2v) is 11.4. The van der Waals surface area contributed by atoms with Crippen molar-refractivity contribution < 1.29 is 18.0 Å². The van der Waals surface area contributed by atoms with E-state index in [1.807, 2.05) is 0 Å². The van der Waals surface area contributed by atoms with E-state index in [1.54, 1.807) is 42.4 Å². The van der Waals surface area contributed by atoms with Crippen molar-refractivity contribution in [2.45, 2.75) is 32.4 Å². The highest BCUT2D eigenvalue weighted by Crippen LogP contribution is 2.35. The first-order chi connectivity index (χ1) is 21.2. The predicted octanol–water partition coefficient (Wildman–Crippen LogP) is 6.87. The van der Waals surface area contributed by atoms with Crippen molar-refractivity contribution in [3.05, 3.63) is 106 Å². The van der Waals surface area contributed by atoms with Gasteiger partial charge in [0.1, 0.15) is 17.5 Å². The number of hydrogen-bond acceptors (Lipinski definition) is 6. The summed E-state index contributed by atoms with van der Waals surface area (Å²) in [5.74, 6) is -2.33. The van der Waals surface area contributed by atoms with Gasteiger partial charge in [-0.3, -0.25) is 9.79 Å². The van der Waals surface area contributed by atoms with Gasteiger partial charge in [0, 0.05) is 59.8 Å².